The summed E-state index contributed by atoms with van der Waals surface area (Å²) < 4.78 is 42.9. The molecule has 1 saturated carbocycles. The summed E-state index contributed by atoms with van der Waals surface area (Å²) in [5, 5.41) is 23.3. The number of halogens is 3. The predicted octanol–water partition coefficient (Wildman–Crippen LogP) is 4.90. The highest BCUT2D eigenvalue weighted by Gasteiger charge is 2.37. The molecule has 15 heteroatoms. The Morgan fingerprint density at radius 1 is 1.16 bits per heavy atom. The second-order valence-corrected chi connectivity index (χ2v) is 12.3. The van der Waals surface area contributed by atoms with Crippen molar-refractivity contribution in [3.63, 3.8) is 0 Å². The number of methoxy groups -OCH3 is 1. The molecule has 1 fully saturated rings. The Morgan fingerprint density at radius 3 is 2.62 bits per heavy atom. The van der Waals surface area contributed by atoms with Crippen molar-refractivity contribution in [2.24, 2.45) is 5.73 Å². The number of hydrogen-bond acceptors (Lipinski definition) is 9. The fourth-order valence-electron chi connectivity index (χ4n) is 5.72. The molecule has 0 bridgehead atoms. The van der Waals surface area contributed by atoms with E-state index < -0.39 is 40.6 Å². The molecule has 5 N–H and O–H groups in total. The molecule has 2 aromatic carbocycles. The number of anilines is 1. The molecule has 6 rings (SSSR count). The molecule has 2 amide bonds. The van der Waals surface area contributed by atoms with Gasteiger partial charge in [0.1, 0.15) is 45.8 Å². The number of aromatic nitrogens is 4. The number of fused-ring (bicyclic) bond motifs is 1. The molecule has 0 radical (unpaired) electrons. The fraction of sp³-hybridized carbons (Fsp3) is 0.286. The van der Waals surface area contributed by atoms with E-state index in [-0.39, 0.29) is 52.4 Å². The summed E-state index contributed by atoms with van der Waals surface area (Å²) in [4.78, 5) is 34.9. The maximum absolute atomic E-state index is 15.4. The van der Waals surface area contributed by atoms with E-state index in [1.807, 2.05) is 10.9 Å². The van der Waals surface area contributed by atoms with Crippen LogP contribution in [0.1, 0.15) is 53.0 Å². The predicted molar refractivity (Wildman–Crippen MR) is 182 cm³/mol. The fourth-order valence-corrected chi connectivity index (χ4v) is 5.88. The Labute approximate surface area is 290 Å². The van der Waals surface area contributed by atoms with Crippen molar-refractivity contribution >= 4 is 40.1 Å². The van der Waals surface area contributed by atoms with Gasteiger partial charge in [-0.3, -0.25) is 14.3 Å². The van der Waals surface area contributed by atoms with E-state index in [0.29, 0.717) is 34.6 Å². The minimum Gasteiger partial charge on any atom is -0.494 e. The summed E-state index contributed by atoms with van der Waals surface area (Å²) >= 11 is 6.06. The number of nitrogens with zero attached hydrogens (tertiary/aromatic N) is 4. The third-order valence-corrected chi connectivity index (χ3v) is 8.67. The lowest BCUT2D eigenvalue weighted by atomic mass is 9.88. The van der Waals surface area contributed by atoms with Gasteiger partial charge in [-0.15, -0.1) is 0 Å². The molecule has 1 atom stereocenters. The number of carbonyl (C=O) groups is 2. The zero-order valence-corrected chi connectivity index (χ0v) is 28.1. The van der Waals surface area contributed by atoms with Crippen molar-refractivity contribution in [1.82, 2.24) is 25.1 Å². The molecular weight excluding hydrogens is 672 g/mol. The lowest BCUT2D eigenvalue weighted by molar-refractivity contribution is -0.117. The first kappa shape index (κ1) is 34.5. The summed E-state index contributed by atoms with van der Waals surface area (Å²) in [7, 11) is 3.13. The average molecular weight is 706 g/mol. The van der Waals surface area contributed by atoms with Gasteiger partial charge in [-0.05, 0) is 61.7 Å². The van der Waals surface area contributed by atoms with E-state index in [4.69, 9.17) is 26.8 Å². The van der Waals surface area contributed by atoms with Gasteiger partial charge in [0.05, 0.1) is 43.4 Å². The largest absolute Gasteiger partial charge is 0.494 e. The monoisotopic (exact) mass is 705 g/mol. The minimum atomic E-state index is -2.12. The summed E-state index contributed by atoms with van der Waals surface area (Å²) in [6.07, 6.45) is 4.98. The standard InChI is InChI=1S/C35H34ClF2N7O5/c1-4-50-33-18(12-29(39)46)11-28(43-32(33)23-14-24(36)26(38)15-25(23)37)35(48,21-7-8-41-30(13-21)40-2)17-42-34(47)19-9-20-16-45(22-5-6-22)44-31(20)27(10-19)49-3/h7-11,13-16,22,48H,4-6,12,17H2,1-3H3,(H2,39,46)(H,40,41)(H,42,47)/t35-/m1/s1. The molecule has 3 heterocycles. The van der Waals surface area contributed by atoms with Gasteiger partial charge in [-0.1, -0.05) is 11.6 Å². The molecule has 3 aromatic heterocycles. The normalized spacial score (nSPS) is 13.9. The number of aliphatic hydroxyl groups is 1. The van der Waals surface area contributed by atoms with Gasteiger partial charge in [0.25, 0.3) is 5.91 Å². The summed E-state index contributed by atoms with van der Waals surface area (Å²) in [6.45, 7) is 1.30. The lowest BCUT2D eigenvalue weighted by Crippen LogP contribution is -2.42. The highest BCUT2D eigenvalue weighted by atomic mass is 35.5. The second kappa shape index (κ2) is 13.9. The van der Waals surface area contributed by atoms with E-state index >= 15 is 4.39 Å². The summed E-state index contributed by atoms with van der Waals surface area (Å²) in [5.74, 6) is -2.54. The highest BCUT2D eigenvalue weighted by Crippen LogP contribution is 2.40. The van der Waals surface area contributed by atoms with E-state index in [2.05, 4.69) is 25.7 Å². The van der Waals surface area contributed by atoms with Crippen molar-refractivity contribution in [1.29, 1.82) is 0 Å². The zero-order valence-electron chi connectivity index (χ0n) is 27.4. The van der Waals surface area contributed by atoms with Crippen LogP contribution < -0.4 is 25.8 Å². The van der Waals surface area contributed by atoms with E-state index in [0.717, 1.165) is 18.9 Å². The van der Waals surface area contributed by atoms with Crippen LogP contribution in [0.15, 0.2) is 54.9 Å². The van der Waals surface area contributed by atoms with Crippen molar-refractivity contribution in [3.05, 3.63) is 93.9 Å². The van der Waals surface area contributed by atoms with E-state index in [1.165, 1.54) is 25.4 Å². The van der Waals surface area contributed by atoms with Gasteiger partial charge in [-0.2, -0.15) is 5.10 Å². The number of primary amides is 1. The zero-order chi connectivity index (χ0) is 35.7. The van der Waals surface area contributed by atoms with Crippen LogP contribution >= 0.6 is 11.6 Å². The molecule has 1 aliphatic carbocycles. The number of nitrogens with one attached hydrogen (secondary N) is 2. The van der Waals surface area contributed by atoms with Crippen LogP contribution in [0.4, 0.5) is 14.6 Å². The van der Waals surface area contributed by atoms with Crippen LogP contribution in [0.25, 0.3) is 22.2 Å². The van der Waals surface area contributed by atoms with Crippen LogP contribution in [0.3, 0.4) is 0 Å². The number of benzene rings is 2. The average Bonchev–Trinajstić information content (AvgIpc) is 3.87. The van der Waals surface area contributed by atoms with Gasteiger partial charge in [0.2, 0.25) is 5.91 Å². The lowest BCUT2D eigenvalue weighted by Gasteiger charge is -2.30. The number of pyridine rings is 2. The Morgan fingerprint density at radius 2 is 1.94 bits per heavy atom. The third-order valence-electron chi connectivity index (χ3n) is 8.38. The first-order chi connectivity index (χ1) is 23.9. The number of carbonyl (C=O) groups excluding carboxylic acids is 2. The molecule has 5 aromatic rings. The van der Waals surface area contributed by atoms with Crippen molar-refractivity contribution in [2.75, 3.05) is 32.6 Å². The maximum Gasteiger partial charge on any atom is 0.251 e. The molecule has 0 saturated heterocycles. The Hall–Kier alpha value is -5.34. The Kier molecular flexibility index (Phi) is 9.58. The number of rotatable bonds is 13. The number of ether oxygens (including phenoxy) is 2. The van der Waals surface area contributed by atoms with Crippen LogP contribution in [-0.4, -0.2) is 64.0 Å². The van der Waals surface area contributed by atoms with E-state index in [9.17, 15) is 19.1 Å². The van der Waals surface area contributed by atoms with Gasteiger partial charge < -0.3 is 30.9 Å². The minimum absolute atomic E-state index is 0.0132. The molecule has 0 spiro atoms. The molecule has 0 aliphatic heterocycles. The van der Waals surface area contributed by atoms with Gasteiger partial charge in [-0.25, -0.2) is 18.7 Å². The Balaban J connectivity index is 1.48. The van der Waals surface area contributed by atoms with Gasteiger partial charge in [0, 0.05) is 47.6 Å². The van der Waals surface area contributed by atoms with Crippen molar-refractivity contribution < 1.29 is 33.0 Å². The topological polar surface area (TPSA) is 167 Å². The van der Waals surface area contributed by atoms with Crippen LogP contribution in [0.5, 0.6) is 11.5 Å². The quantitative estimate of drug-likeness (QED) is 0.125. The SMILES string of the molecule is CCOc1c(CC(N)=O)cc([C@@](O)(CNC(=O)c2cc(OC)c3nn(C4CC4)cc3c2)c2ccnc(NC)c2)nc1-c1cc(Cl)c(F)cc1F. The molecular formula is C35H34ClF2N7O5. The number of amides is 2. The van der Waals surface area contributed by atoms with Gasteiger partial charge >= 0.3 is 0 Å². The molecule has 0 unspecified atom stereocenters. The molecule has 260 valence electrons. The second-order valence-electron chi connectivity index (χ2n) is 11.8. The maximum atomic E-state index is 15.4. The number of hydrogen-bond donors (Lipinski definition) is 4. The van der Waals surface area contributed by atoms with Crippen molar-refractivity contribution in [3.8, 4) is 22.8 Å². The summed E-state index contributed by atoms with van der Waals surface area (Å²) in [5.41, 5.74) is 4.20. The number of nitrogens with two attached hydrogens (primary N) is 1. The Bertz CT molecular complexity index is 2120. The smallest absolute Gasteiger partial charge is 0.251 e. The van der Waals surface area contributed by atoms with Crippen LogP contribution in [0, 0.1) is 11.6 Å². The van der Waals surface area contributed by atoms with Gasteiger partial charge in [0.15, 0.2) is 0 Å². The summed E-state index contributed by atoms with van der Waals surface area (Å²) in [6, 6.07) is 9.67. The van der Waals surface area contributed by atoms with Crippen LogP contribution in [-0.2, 0) is 16.8 Å². The highest BCUT2D eigenvalue weighted by molar-refractivity contribution is 6.31. The van der Waals surface area contributed by atoms with Crippen molar-refractivity contribution in [2.45, 2.75) is 37.8 Å². The molecule has 12 nitrogen and oxygen atoms in total. The molecule has 1 aliphatic rings. The first-order valence-corrected chi connectivity index (χ1v) is 16.2. The first-order valence-electron chi connectivity index (χ1n) is 15.8. The third kappa shape index (κ3) is 6.76. The van der Waals surface area contributed by atoms with E-state index in [1.54, 1.807) is 32.2 Å². The van der Waals surface area contributed by atoms with Crippen LogP contribution in [0.2, 0.25) is 5.02 Å². The molecule has 50 heavy (non-hydrogen) atoms.